The zero-order valence-corrected chi connectivity index (χ0v) is 15.7. The number of likely N-dealkylation sites (tertiary alicyclic amines) is 1. The summed E-state index contributed by atoms with van der Waals surface area (Å²) in [5, 5.41) is 0. The maximum Gasteiger partial charge on any atom is 0.254 e. The zero-order chi connectivity index (χ0) is 18.6. The lowest BCUT2D eigenvalue weighted by atomic mass is 9.65. The van der Waals surface area contributed by atoms with Gasteiger partial charge in [-0.05, 0) is 54.4 Å². The Kier molecular flexibility index (Phi) is 3.94. The normalized spacial score (nSPS) is 30.2. The number of carbonyl (C=O) groups excluding carboxylic acids is 3. The Balaban J connectivity index is 1.53. The van der Waals surface area contributed by atoms with Gasteiger partial charge in [-0.3, -0.25) is 19.3 Å². The third-order valence-corrected chi connectivity index (χ3v) is 6.83. The second-order valence-electron chi connectivity index (χ2n) is 8.76. The van der Waals surface area contributed by atoms with Crippen molar-refractivity contribution in [2.75, 3.05) is 11.4 Å². The molecule has 138 valence electrons. The predicted molar refractivity (Wildman–Crippen MR) is 98.7 cm³/mol. The van der Waals surface area contributed by atoms with Gasteiger partial charge in [0.25, 0.3) is 5.91 Å². The highest BCUT2D eigenvalue weighted by Crippen LogP contribution is 2.49. The topological polar surface area (TPSA) is 57.7 Å². The van der Waals surface area contributed by atoms with E-state index in [2.05, 4.69) is 20.8 Å². The molecule has 0 unspecified atom stereocenters. The van der Waals surface area contributed by atoms with Crippen molar-refractivity contribution in [3.05, 3.63) is 29.8 Å². The van der Waals surface area contributed by atoms with Crippen molar-refractivity contribution in [2.24, 2.45) is 17.3 Å². The van der Waals surface area contributed by atoms with Gasteiger partial charge < -0.3 is 4.90 Å². The van der Waals surface area contributed by atoms with Crippen molar-refractivity contribution < 1.29 is 14.4 Å². The van der Waals surface area contributed by atoms with E-state index in [-0.39, 0.29) is 36.0 Å². The van der Waals surface area contributed by atoms with Crippen molar-refractivity contribution in [2.45, 2.75) is 52.5 Å². The lowest BCUT2D eigenvalue weighted by Gasteiger charge is -2.40. The van der Waals surface area contributed by atoms with Crippen molar-refractivity contribution in [3.63, 3.8) is 0 Å². The molecule has 1 saturated carbocycles. The third-order valence-electron chi connectivity index (χ3n) is 6.83. The van der Waals surface area contributed by atoms with Gasteiger partial charge in [0.2, 0.25) is 11.8 Å². The number of amides is 3. The molecule has 2 heterocycles. The number of hydrogen-bond donors (Lipinski definition) is 0. The second-order valence-corrected chi connectivity index (χ2v) is 8.76. The molecule has 5 heteroatoms. The molecule has 0 N–H and O–H groups in total. The monoisotopic (exact) mass is 354 g/mol. The van der Waals surface area contributed by atoms with E-state index in [0.29, 0.717) is 29.1 Å². The van der Waals surface area contributed by atoms with Gasteiger partial charge in [0, 0.05) is 31.0 Å². The quantitative estimate of drug-likeness (QED) is 0.766. The number of nitrogens with zero attached hydrogens (tertiary/aromatic N) is 2. The Morgan fingerprint density at radius 3 is 2.31 bits per heavy atom. The minimum absolute atomic E-state index is 0.0630. The minimum atomic E-state index is -0.168. The van der Waals surface area contributed by atoms with Gasteiger partial charge in [0.05, 0.1) is 5.69 Å². The molecule has 5 nitrogen and oxygen atoms in total. The summed E-state index contributed by atoms with van der Waals surface area (Å²) in [5.41, 5.74) is 1.46. The average Bonchev–Trinajstić information content (AvgIpc) is 3.13. The van der Waals surface area contributed by atoms with Gasteiger partial charge in [-0.15, -0.1) is 0 Å². The van der Waals surface area contributed by atoms with Crippen LogP contribution in [-0.4, -0.2) is 35.2 Å². The fraction of sp³-hybridized carbons (Fsp3) is 0.571. The zero-order valence-electron chi connectivity index (χ0n) is 15.7. The molecular weight excluding hydrogens is 328 g/mol. The number of imide groups is 1. The standard InChI is InChI=1S/C21H26N2O3/c1-13-15-10-17(11-21(13,2)3)22(12-15)20(26)14-4-6-16(7-5-14)23-18(24)8-9-19(23)25/h4-7,13,15,17H,8-12H2,1-3H3/t13-,15+,17-/m0/s1. The van der Waals surface area contributed by atoms with E-state index in [9.17, 15) is 14.4 Å². The fourth-order valence-corrected chi connectivity index (χ4v) is 4.97. The average molecular weight is 354 g/mol. The molecular formula is C21H26N2O3. The van der Waals surface area contributed by atoms with Crippen LogP contribution in [0, 0.1) is 17.3 Å². The largest absolute Gasteiger partial charge is 0.335 e. The number of carbonyl (C=O) groups is 3. The van der Waals surface area contributed by atoms with E-state index >= 15 is 0 Å². The first-order valence-electron chi connectivity index (χ1n) is 9.55. The summed E-state index contributed by atoms with van der Waals surface area (Å²) < 4.78 is 0. The van der Waals surface area contributed by atoms with Crippen molar-refractivity contribution in [3.8, 4) is 0 Å². The van der Waals surface area contributed by atoms with Crippen LogP contribution in [0.1, 0.15) is 56.8 Å². The summed E-state index contributed by atoms with van der Waals surface area (Å²) in [6.45, 7) is 7.76. The van der Waals surface area contributed by atoms with Gasteiger partial charge in [0.1, 0.15) is 0 Å². The predicted octanol–water partition coefficient (Wildman–Crippen LogP) is 3.24. The van der Waals surface area contributed by atoms with E-state index in [1.165, 1.54) is 4.90 Å². The molecule has 0 radical (unpaired) electrons. The summed E-state index contributed by atoms with van der Waals surface area (Å²) in [5.74, 6) is 0.920. The molecule has 3 fully saturated rings. The molecule has 26 heavy (non-hydrogen) atoms. The molecule has 1 aromatic rings. The Morgan fingerprint density at radius 2 is 1.69 bits per heavy atom. The molecule has 2 saturated heterocycles. The van der Waals surface area contributed by atoms with Crippen LogP contribution in [-0.2, 0) is 9.59 Å². The van der Waals surface area contributed by atoms with Crippen LogP contribution >= 0.6 is 0 Å². The Labute approximate surface area is 154 Å². The first-order valence-corrected chi connectivity index (χ1v) is 9.55. The Hall–Kier alpha value is -2.17. The smallest absolute Gasteiger partial charge is 0.254 e. The summed E-state index contributed by atoms with van der Waals surface area (Å²) >= 11 is 0. The minimum Gasteiger partial charge on any atom is -0.335 e. The van der Waals surface area contributed by atoms with Crippen LogP contribution in [0.15, 0.2) is 24.3 Å². The number of hydrogen-bond acceptors (Lipinski definition) is 3. The molecule has 0 spiro atoms. The van der Waals surface area contributed by atoms with Crippen LogP contribution < -0.4 is 4.90 Å². The highest BCUT2D eigenvalue weighted by Gasteiger charge is 2.48. The molecule has 1 aliphatic carbocycles. The number of anilines is 1. The van der Waals surface area contributed by atoms with E-state index in [1.807, 2.05) is 4.90 Å². The molecule has 2 bridgehead atoms. The number of fused-ring (bicyclic) bond motifs is 2. The third kappa shape index (κ3) is 2.65. The summed E-state index contributed by atoms with van der Waals surface area (Å²) in [6, 6.07) is 7.23. The van der Waals surface area contributed by atoms with E-state index in [0.717, 1.165) is 19.4 Å². The van der Waals surface area contributed by atoms with Gasteiger partial charge in [-0.25, -0.2) is 0 Å². The summed E-state index contributed by atoms with van der Waals surface area (Å²) in [6.07, 6.45) is 2.69. The maximum absolute atomic E-state index is 13.0. The van der Waals surface area contributed by atoms with Gasteiger partial charge in [-0.2, -0.15) is 0 Å². The molecule has 4 rings (SSSR count). The molecule has 2 aliphatic heterocycles. The van der Waals surface area contributed by atoms with Crippen LogP contribution in [0.3, 0.4) is 0 Å². The fourth-order valence-electron chi connectivity index (χ4n) is 4.97. The number of benzene rings is 1. The van der Waals surface area contributed by atoms with Crippen LogP contribution in [0.5, 0.6) is 0 Å². The molecule has 0 aromatic heterocycles. The van der Waals surface area contributed by atoms with Gasteiger partial charge in [0.15, 0.2) is 0 Å². The highest BCUT2D eigenvalue weighted by atomic mass is 16.2. The Morgan fingerprint density at radius 1 is 1.08 bits per heavy atom. The molecule has 3 aliphatic rings. The van der Waals surface area contributed by atoms with Crippen molar-refractivity contribution in [1.29, 1.82) is 0 Å². The number of rotatable bonds is 2. The Bertz CT molecular complexity index is 752. The van der Waals surface area contributed by atoms with E-state index in [4.69, 9.17) is 0 Å². The SMILES string of the molecule is C[C@H]1[C@@H]2C[C@@H](CC1(C)C)N(C(=O)c1ccc(N3C(=O)CCC3=O)cc1)C2. The summed E-state index contributed by atoms with van der Waals surface area (Å²) in [7, 11) is 0. The van der Waals surface area contributed by atoms with E-state index < -0.39 is 0 Å². The van der Waals surface area contributed by atoms with Gasteiger partial charge >= 0.3 is 0 Å². The molecule has 1 aromatic carbocycles. The van der Waals surface area contributed by atoms with E-state index in [1.54, 1.807) is 24.3 Å². The first-order chi connectivity index (χ1) is 12.3. The molecule has 3 atom stereocenters. The van der Waals surface area contributed by atoms with Crippen molar-refractivity contribution >= 4 is 23.4 Å². The van der Waals surface area contributed by atoms with Crippen molar-refractivity contribution in [1.82, 2.24) is 4.90 Å². The first kappa shape index (κ1) is 17.3. The lowest BCUT2D eigenvalue weighted by Crippen LogP contribution is -2.39. The lowest BCUT2D eigenvalue weighted by molar-refractivity contribution is -0.121. The van der Waals surface area contributed by atoms with Crippen LogP contribution in [0.2, 0.25) is 0 Å². The maximum atomic E-state index is 13.0. The van der Waals surface area contributed by atoms with Crippen LogP contribution in [0.25, 0.3) is 0 Å². The van der Waals surface area contributed by atoms with Gasteiger partial charge in [-0.1, -0.05) is 20.8 Å². The summed E-state index contributed by atoms with van der Waals surface area (Å²) in [4.78, 5) is 40.0. The second kappa shape index (κ2) is 5.93. The van der Waals surface area contributed by atoms with Crippen LogP contribution in [0.4, 0.5) is 5.69 Å². The molecule has 3 amide bonds. The highest BCUT2D eigenvalue weighted by molar-refractivity contribution is 6.19.